The molecule has 2 rings (SSSR count). The quantitative estimate of drug-likeness (QED) is 0.803. The van der Waals surface area contributed by atoms with Crippen LogP contribution in [0.5, 0.6) is 0 Å². The lowest BCUT2D eigenvalue weighted by Gasteiger charge is -2.17. The summed E-state index contributed by atoms with van der Waals surface area (Å²) in [5.41, 5.74) is 2.26. The molecule has 0 amide bonds. The van der Waals surface area contributed by atoms with Gasteiger partial charge in [0.15, 0.2) is 0 Å². The lowest BCUT2D eigenvalue weighted by molar-refractivity contribution is 0.456. The molecule has 1 heterocycles. The van der Waals surface area contributed by atoms with Crippen LogP contribution in [-0.2, 0) is 6.42 Å². The molecule has 1 N–H and O–H groups in total. The van der Waals surface area contributed by atoms with Crippen molar-refractivity contribution in [1.82, 2.24) is 20.3 Å². The van der Waals surface area contributed by atoms with Crippen LogP contribution in [0.1, 0.15) is 38.8 Å². The lowest BCUT2D eigenvalue weighted by atomic mass is 10.0. The fourth-order valence-electron chi connectivity index (χ4n) is 2.52. The maximum absolute atomic E-state index is 4.20. The molecule has 0 aliphatic carbocycles. The van der Waals surface area contributed by atoms with Crippen LogP contribution in [0.25, 0.3) is 5.69 Å². The second kappa shape index (κ2) is 7.80. The topological polar surface area (TPSA) is 42.7 Å². The van der Waals surface area contributed by atoms with E-state index in [-0.39, 0.29) is 0 Å². The highest BCUT2D eigenvalue weighted by atomic mass is 15.4. The first-order valence-corrected chi connectivity index (χ1v) is 7.53. The second-order valence-corrected chi connectivity index (χ2v) is 5.05. The number of benzene rings is 1. The predicted molar refractivity (Wildman–Crippen MR) is 82.1 cm³/mol. The third-order valence-electron chi connectivity index (χ3n) is 3.50. The van der Waals surface area contributed by atoms with Crippen molar-refractivity contribution in [1.29, 1.82) is 0 Å². The molecule has 4 nitrogen and oxygen atoms in total. The van der Waals surface area contributed by atoms with Crippen molar-refractivity contribution in [3.63, 3.8) is 0 Å². The molecule has 20 heavy (non-hydrogen) atoms. The Morgan fingerprint density at radius 1 is 1.15 bits per heavy atom. The van der Waals surface area contributed by atoms with Gasteiger partial charge in [-0.3, -0.25) is 0 Å². The monoisotopic (exact) mass is 272 g/mol. The first kappa shape index (κ1) is 14.7. The molecule has 0 aliphatic heterocycles. The Kier molecular flexibility index (Phi) is 5.74. The number of hydrogen-bond donors (Lipinski definition) is 1. The molecule has 0 aliphatic rings. The van der Waals surface area contributed by atoms with E-state index in [9.17, 15) is 0 Å². The minimum absolute atomic E-state index is 0.587. The maximum atomic E-state index is 4.20. The third kappa shape index (κ3) is 3.90. The van der Waals surface area contributed by atoms with Gasteiger partial charge >= 0.3 is 0 Å². The van der Waals surface area contributed by atoms with E-state index in [0.717, 1.165) is 25.1 Å². The first-order valence-electron chi connectivity index (χ1n) is 7.53. The Morgan fingerprint density at radius 3 is 2.65 bits per heavy atom. The fourth-order valence-corrected chi connectivity index (χ4v) is 2.52. The summed E-state index contributed by atoms with van der Waals surface area (Å²) in [5, 5.41) is 11.8. The van der Waals surface area contributed by atoms with Crippen molar-refractivity contribution >= 4 is 0 Å². The molecule has 0 saturated carbocycles. The van der Waals surface area contributed by atoms with Gasteiger partial charge < -0.3 is 5.32 Å². The van der Waals surface area contributed by atoms with E-state index >= 15 is 0 Å². The molecule has 0 spiro atoms. The Labute approximate surface area is 121 Å². The highest BCUT2D eigenvalue weighted by molar-refractivity contribution is 5.31. The van der Waals surface area contributed by atoms with Gasteiger partial charge in [-0.1, -0.05) is 43.7 Å². The van der Waals surface area contributed by atoms with E-state index in [0.29, 0.717) is 6.04 Å². The van der Waals surface area contributed by atoms with E-state index in [1.54, 1.807) is 0 Å². The highest BCUT2D eigenvalue weighted by Gasteiger charge is 2.10. The molecule has 2 aromatic rings. The number of rotatable bonds is 8. The van der Waals surface area contributed by atoms with Gasteiger partial charge in [0.2, 0.25) is 0 Å². The standard InChI is InChI=1S/C16H24N4/c1-3-8-14(17-4-2)11-12-16-13-18-19-20(16)15-9-6-5-7-10-15/h5-7,9-10,13-14,17H,3-4,8,11-12H2,1-2H3. The van der Waals surface area contributed by atoms with Crippen molar-refractivity contribution in [2.45, 2.75) is 45.6 Å². The molecule has 108 valence electrons. The fraction of sp³-hybridized carbons (Fsp3) is 0.500. The minimum Gasteiger partial charge on any atom is -0.314 e. The van der Waals surface area contributed by atoms with Crippen molar-refractivity contribution < 1.29 is 0 Å². The van der Waals surface area contributed by atoms with Crippen molar-refractivity contribution in [2.24, 2.45) is 0 Å². The zero-order chi connectivity index (χ0) is 14.2. The molecule has 0 radical (unpaired) electrons. The van der Waals surface area contributed by atoms with E-state index in [1.165, 1.54) is 18.5 Å². The van der Waals surface area contributed by atoms with Crippen LogP contribution in [0.15, 0.2) is 36.5 Å². The van der Waals surface area contributed by atoms with Gasteiger partial charge in [-0.2, -0.15) is 0 Å². The molecule has 1 unspecified atom stereocenters. The molecular formula is C16H24N4. The Hall–Kier alpha value is -1.68. The molecule has 4 heteroatoms. The van der Waals surface area contributed by atoms with Gasteiger partial charge in [-0.15, -0.1) is 5.10 Å². The molecule has 1 aromatic heterocycles. The number of aromatic nitrogens is 3. The van der Waals surface area contributed by atoms with E-state index in [4.69, 9.17) is 0 Å². The SMILES string of the molecule is CCCC(CCc1cnnn1-c1ccccc1)NCC. The summed E-state index contributed by atoms with van der Waals surface area (Å²) in [6.07, 6.45) is 6.44. The lowest BCUT2D eigenvalue weighted by Crippen LogP contribution is -2.29. The Morgan fingerprint density at radius 2 is 1.95 bits per heavy atom. The molecule has 0 saturated heterocycles. The second-order valence-electron chi connectivity index (χ2n) is 5.05. The van der Waals surface area contributed by atoms with Gasteiger partial charge in [0.05, 0.1) is 17.6 Å². The van der Waals surface area contributed by atoms with Crippen LogP contribution >= 0.6 is 0 Å². The summed E-state index contributed by atoms with van der Waals surface area (Å²) in [5.74, 6) is 0. The number of hydrogen-bond acceptors (Lipinski definition) is 3. The summed E-state index contributed by atoms with van der Waals surface area (Å²) < 4.78 is 1.94. The van der Waals surface area contributed by atoms with Crippen molar-refractivity contribution in [2.75, 3.05) is 6.54 Å². The minimum atomic E-state index is 0.587. The zero-order valence-corrected chi connectivity index (χ0v) is 12.4. The van der Waals surface area contributed by atoms with Crippen molar-refractivity contribution in [3.05, 3.63) is 42.2 Å². The molecule has 1 aromatic carbocycles. The normalized spacial score (nSPS) is 12.5. The number of aryl methyl sites for hydroxylation is 1. The average Bonchev–Trinajstić information content (AvgIpc) is 2.94. The zero-order valence-electron chi connectivity index (χ0n) is 12.4. The van der Waals surface area contributed by atoms with Gasteiger partial charge in [0, 0.05) is 6.04 Å². The Balaban J connectivity index is 2.02. The number of nitrogens with one attached hydrogen (secondary N) is 1. The highest BCUT2D eigenvalue weighted by Crippen LogP contribution is 2.12. The van der Waals surface area contributed by atoms with Crippen LogP contribution in [0.4, 0.5) is 0 Å². The van der Waals surface area contributed by atoms with Gasteiger partial charge in [0.25, 0.3) is 0 Å². The van der Waals surface area contributed by atoms with Crippen LogP contribution in [-0.4, -0.2) is 27.6 Å². The van der Waals surface area contributed by atoms with E-state index in [2.05, 4.69) is 41.6 Å². The smallest absolute Gasteiger partial charge is 0.0729 e. The summed E-state index contributed by atoms with van der Waals surface area (Å²) in [7, 11) is 0. The van der Waals surface area contributed by atoms with Crippen LogP contribution in [0.2, 0.25) is 0 Å². The van der Waals surface area contributed by atoms with E-state index in [1.807, 2.05) is 29.1 Å². The largest absolute Gasteiger partial charge is 0.314 e. The van der Waals surface area contributed by atoms with Crippen LogP contribution in [0.3, 0.4) is 0 Å². The van der Waals surface area contributed by atoms with Gasteiger partial charge in [-0.05, 0) is 37.9 Å². The molecule has 0 bridgehead atoms. The summed E-state index contributed by atoms with van der Waals surface area (Å²) in [4.78, 5) is 0. The predicted octanol–water partition coefficient (Wildman–Crippen LogP) is 2.98. The number of nitrogens with zero attached hydrogens (tertiary/aromatic N) is 3. The molecule has 0 fully saturated rings. The summed E-state index contributed by atoms with van der Waals surface area (Å²) >= 11 is 0. The summed E-state index contributed by atoms with van der Waals surface area (Å²) in [6, 6.07) is 10.8. The third-order valence-corrected chi connectivity index (χ3v) is 3.50. The summed E-state index contributed by atoms with van der Waals surface area (Å²) in [6.45, 7) is 5.43. The van der Waals surface area contributed by atoms with Crippen LogP contribution < -0.4 is 5.32 Å². The maximum Gasteiger partial charge on any atom is 0.0729 e. The number of para-hydroxylation sites is 1. The molecular weight excluding hydrogens is 248 g/mol. The molecule has 1 atom stereocenters. The first-order chi connectivity index (χ1) is 9.85. The van der Waals surface area contributed by atoms with Crippen molar-refractivity contribution in [3.8, 4) is 5.69 Å². The van der Waals surface area contributed by atoms with Crippen LogP contribution in [0, 0.1) is 0 Å². The van der Waals surface area contributed by atoms with Gasteiger partial charge in [0.1, 0.15) is 0 Å². The van der Waals surface area contributed by atoms with Gasteiger partial charge in [-0.25, -0.2) is 4.68 Å². The Bertz CT molecular complexity index is 486. The van der Waals surface area contributed by atoms with E-state index < -0.39 is 0 Å². The average molecular weight is 272 g/mol.